The first-order valence-corrected chi connectivity index (χ1v) is 8.42. The van der Waals surface area contributed by atoms with Gasteiger partial charge in [-0.25, -0.2) is 9.78 Å². The summed E-state index contributed by atoms with van der Waals surface area (Å²) in [5.41, 5.74) is 7.97. The molecule has 0 spiro atoms. The average Bonchev–Trinajstić information content (AvgIpc) is 2.58. The smallest absolute Gasteiger partial charge is 0.409 e. The molecule has 128 valence electrons. The average molecular weight is 328 g/mol. The molecule has 1 aromatic heterocycles. The van der Waals surface area contributed by atoms with Crippen LogP contribution in [0, 0.1) is 6.92 Å². The highest BCUT2D eigenvalue weighted by Gasteiger charge is 2.24. The second-order valence-electron chi connectivity index (χ2n) is 6.16. The monoisotopic (exact) mass is 328 g/mol. The third kappa shape index (κ3) is 3.22. The van der Waals surface area contributed by atoms with Crippen LogP contribution in [0.1, 0.15) is 25.3 Å². The minimum atomic E-state index is -0.220. The van der Waals surface area contributed by atoms with Gasteiger partial charge in [0.15, 0.2) is 0 Å². The molecule has 2 aromatic rings. The van der Waals surface area contributed by atoms with Crippen LogP contribution in [0.3, 0.4) is 0 Å². The van der Waals surface area contributed by atoms with Gasteiger partial charge in [0.1, 0.15) is 5.82 Å². The Kier molecular flexibility index (Phi) is 4.74. The summed E-state index contributed by atoms with van der Waals surface area (Å²) in [4.78, 5) is 18.1. The van der Waals surface area contributed by atoms with Crippen molar-refractivity contribution in [3.8, 4) is 0 Å². The molecule has 1 aromatic carbocycles. The zero-order chi connectivity index (χ0) is 17.1. The molecule has 0 saturated carbocycles. The number of aryl methyl sites for hydroxylation is 1. The molecule has 1 fully saturated rings. The van der Waals surface area contributed by atoms with E-state index >= 15 is 0 Å². The molecule has 0 aliphatic carbocycles. The van der Waals surface area contributed by atoms with E-state index in [1.54, 1.807) is 4.90 Å². The lowest BCUT2D eigenvalue weighted by atomic mass is 10.0. The van der Waals surface area contributed by atoms with Gasteiger partial charge in [0.2, 0.25) is 0 Å². The molecule has 0 radical (unpaired) electrons. The molecule has 0 bridgehead atoms. The zero-order valence-corrected chi connectivity index (χ0v) is 14.2. The first kappa shape index (κ1) is 16.4. The summed E-state index contributed by atoms with van der Waals surface area (Å²) in [7, 11) is 0. The van der Waals surface area contributed by atoms with Crippen molar-refractivity contribution < 1.29 is 9.53 Å². The van der Waals surface area contributed by atoms with Crippen LogP contribution >= 0.6 is 0 Å². The van der Waals surface area contributed by atoms with E-state index in [9.17, 15) is 4.79 Å². The van der Waals surface area contributed by atoms with Gasteiger partial charge in [-0.3, -0.25) is 0 Å². The van der Waals surface area contributed by atoms with E-state index in [2.05, 4.69) is 10.3 Å². The Morgan fingerprint density at radius 3 is 2.88 bits per heavy atom. The maximum atomic E-state index is 11.8. The molecule has 6 heteroatoms. The predicted molar refractivity (Wildman–Crippen MR) is 96.1 cm³/mol. The number of anilines is 2. The Balaban J connectivity index is 1.72. The van der Waals surface area contributed by atoms with E-state index < -0.39 is 0 Å². The van der Waals surface area contributed by atoms with Gasteiger partial charge < -0.3 is 20.7 Å². The number of nitrogens with one attached hydrogen (secondary N) is 1. The zero-order valence-electron chi connectivity index (χ0n) is 14.2. The predicted octanol–water partition coefficient (Wildman–Crippen LogP) is 3.16. The number of likely N-dealkylation sites (tertiary alicyclic amines) is 1. The fourth-order valence-corrected chi connectivity index (χ4v) is 3.23. The van der Waals surface area contributed by atoms with Crippen LogP contribution in [-0.4, -0.2) is 41.7 Å². The molecule has 0 unspecified atom stereocenters. The quantitative estimate of drug-likeness (QED) is 0.846. The topological polar surface area (TPSA) is 80.5 Å². The number of benzene rings is 1. The van der Waals surface area contributed by atoms with Crippen molar-refractivity contribution in [1.29, 1.82) is 0 Å². The van der Waals surface area contributed by atoms with E-state index in [4.69, 9.17) is 10.5 Å². The number of hydrogen-bond acceptors (Lipinski definition) is 5. The maximum absolute atomic E-state index is 11.8. The molecule has 2 heterocycles. The Bertz CT molecular complexity index is 731. The van der Waals surface area contributed by atoms with Crippen molar-refractivity contribution in [2.24, 2.45) is 0 Å². The number of rotatable bonds is 3. The number of amides is 1. The Hall–Kier alpha value is -2.50. The number of fused-ring (bicyclic) bond motifs is 1. The van der Waals surface area contributed by atoms with Gasteiger partial charge >= 0.3 is 6.09 Å². The molecule has 1 aliphatic rings. The summed E-state index contributed by atoms with van der Waals surface area (Å²) < 4.78 is 5.06. The number of aromatic nitrogens is 1. The van der Waals surface area contributed by atoms with Gasteiger partial charge in [-0.2, -0.15) is 0 Å². The molecule has 1 amide bonds. The Morgan fingerprint density at radius 1 is 1.42 bits per heavy atom. The number of nitrogens with two attached hydrogens (primary N) is 1. The lowest BCUT2D eigenvalue weighted by molar-refractivity contribution is 0.0983. The van der Waals surface area contributed by atoms with Gasteiger partial charge in [0, 0.05) is 41.8 Å². The van der Waals surface area contributed by atoms with Gasteiger partial charge in [-0.15, -0.1) is 0 Å². The van der Waals surface area contributed by atoms with Crippen molar-refractivity contribution in [2.75, 3.05) is 30.7 Å². The Morgan fingerprint density at radius 2 is 2.17 bits per heavy atom. The number of piperidine rings is 1. The van der Waals surface area contributed by atoms with Crippen LogP contribution in [0.25, 0.3) is 10.8 Å². The number of ether oxygens (including phenoxy) is 1. The van der Waals surface area contributed by atoms with Gasteiger partial charge in [-0.1, -0.05) is 12.1 Å². The summed E-state index contributed by atoms with van der Waals surface area (Å²) in [6.07, 6.45) is 3.38. The van der Waals surface area contributed by atoms with E-state index in [0.717, 1.165) is 40.7 Å². The fourth-order valence-electron chi connectivity index (χ4n) is 3.23. The van der Waals surface area contributed by atoms with Crippen molar-refractivity contribution in [2.45, 2.75) is 32.7 Å². The van der Waals surface area contributed by atoms with E-state index in [1.807, 2.05) is 38.2 Å². The van der Waals surface area contributed by atoms with E-state index in [1.165, 1.54) is 0 Å². The van der Waals surface area contributed by atoms with Crippen molar-refractivity contribution >= 4 is 28.4 Å². The highest BCUT2D eigenvalue weighted by Crippen LogP contribution is 2.30. The molecular weight excluding hydrogens is 304 g/mol. The highest BCUT2D eigenvalue weighted by molar-refractivity contribution is 6.01. The van der Waals surface area contributed by atoms with E-state index in [0.29, 0.717) is 19.7 Å². The maximum Gasteiger partial charge on any atom is 0.409 e. The van der Waals surface area contributed by atoms with Crippen LogP contribution in [0.15, 0.2) is 24.4 Å². The van der Waals surface area contributed by atoms with Gasteiger partial charge in [-0.05, 0) is 38.3 Å². The van der Waals surface area contributed by atoms with Crippen molar-refractivity contribution in [1.82, 2.24) is 9.88 Å². The number of nitrogens with zero attached hydrogens (tertiary/aromatic N) is 2. The third-order valence-electron chi connectivity index (χ3n) is 4.50. The molecule has 3 N–H and O–H groups in total. The summed E-state index contributed by atoms with van der Waals surface area (Å²) in [5.74, 6) is 0.859. The van der Waals surface area contributed by atoms with Crippen LogP contribution < -0.4 is 11.1 Å². The molecule has 24 heavy (non-hydrogen) atoms. The second-order valence-corrected chi connectivity index (χ2v) is 6.16. The Labute approximate surface area is 142 Å². The number of hydrogen-bond donors (Lipinski definition) is 2. The molecular formula is C18H24N4O2. The normalized spacial score (nSPS) is 15.5. The minimum absolute atomic E-state index is 0.220. The molecule has 1 aliphatic heterocycles. The second kappa shape index (κ2) is 6.95. The van der Waals surface area contributed by atoms with Crippen molar-refractivity contribution in [3.05, 3.63) is 30.0 Å². The molecule has 6 nitrogen and oxygen atoms in total. The summed E-state index contributed by atoms with van der Waals surface area (Å²) in [6, 6.07) is 6.20. The third-order valence-corrected chi connectivity index (χ3v) is 4.50. The number of carbonyl (C=O) groups is 1. The largest absolute Gasteiger partial charge is 0.450 e. The lowest BCUT2D eigenvalue weighted by Crippen LogP contribution is -2.42. The van der Waals surface area contributed by atoms with Crippen molar-refractivity contribution in [3.63, 3.8) is 0 Å². The van der Waals surface area contributed by atoms with Gasteiger partial charge in [0.25, 0.3) is 0 Å². The van der Waals surface area contributed by atoms with Crippen LogP contribution in [-0.2, 0) is 4.74 Å². The molecule has 0 atom stereocenters. The fraction of sp³-hybridized carbons (Fsp3) is 0.444. The SMILES string of the molecule is CCOC(=O)N1CCC(Nc2ncc(C)c3c(N)cccc23)CC1. The van der Waals surface area contributed by atoms with Gasteiger partial charge in [0.05, 0.1) is 6.61 Å². The standard InChI is InChI=1S/C18H24N4O2/c1-3-24-18(23)22-9-7-13(8-10-22)21-17-14-5-4-6-15(19)16(14)12(2)11-20-17/h4-6,11,13H,3,7-10,19H2,1-2H3,(H,20,21). The number of nitrogen functional groups attached to an aromatic ring is 1. The van der Waals surface area contributed by atoms with Crippen LogP contribution in [0.4, 0.5) is 16.3 Å². The summed E-state index contributed by atoms with van der Waals surface area (Å²) in [6.45, 7) is 5.65. The minimum Gasteiger partial charge on any atom is -0.450 e. The summed E-state index contributed by atoms with van der Waals surface area (Å²) in [5, 5.41) is 5.62. The summed E-state index contributed by atoms with van der Waals surface area (Å²) >= 11 is 0. The van der Waals surface area contributed by atoms with Crippen LogP contribution in [0.5, 0.6) is 0 Å². The van der Waals surface area contributed by atoms with Crippen LogP contribution in [0.2, 0.25) is 0 Å². The number of carbonyl (C=O) groups excluding carboxylic acids is 1. The van der Waals surface area contributed by atoms with E-state index in [-0.39, 0.29) is 12.1 Å². The first-order valence-electron chi connectivity index (χ1n) is 8.42. The molecule has 3 rings (SSSR count). The molecule has 1 saturated heterocycles. The lowest BCUT2D eigenvalue weighted by Gasteiger charge is -2.32. The first-order chi connectivity index (χ1) is 11.6. The number of pyridine rings is 1. The highest BCUT2D eigenvalue weighted by atomic mass is 16.6.